The van der Waals surface area contributed by atoms with E-state index in [1.165, 1.54) is 0 Å². The highest BCUT2D eigenvalue weighted by molar-refractivity contribution is 6.31. The van der Waals surface area contributed by atoms with Gasteiger partial charge in [0.15, 0.2) is 0 Å². The number of aryl methyl sites for hydroxylation is 1. The van der Waals surface area contributed by atoms with E-state index in [-0.39, 0.29) is 5.92 Å². The molecule has 2 aromatic rings. The number of hydrogen-bond acceptors (Lipinski definition) is 2. The molecule has 0 radical (unpaired) electrons. The van der Waals surface area contributed by atoms with Gasteiger partial charge in [0.1, 0.15) is 5.65 Å². The third-order valence-corrected chi connectivity index (χ3v) is 3.41. The molecule has 0 aliphatic heterocycles. The zero-order valence-electron chi connectivity index (χ0n) is 12.9. The van der Waals surface area contributed by atoms with Gasteiger partial charge in [0.05, 0.1) is 29.0 Å². The second-order valence-electron chi connectivity index (χ2n) is 4.36. The number of ether oxygens (including phenoxy) is 1. The maximum atomic E-state index is 6.10. The molecule has 2 aromatic heterocycles. The quantitative estimate of drug-likeness (QED) is 0.744. The van der Waals surface area contributed by atoms with Gasteiger partial charge < -0.3 is 9.14 Å². The minimum Gasteiger partial charge on any atom is -0.498 e. The highest BCUT2D eigenvalue weighted by Crippen LogP contribution is 2.24. The molecular weight excluding hydrogens is 272 g/mol. The fourth-order valence-electron chi connectivity index (χ4n) is 1.81. The molecule has 3 nitrogen and oxygen atoms in total. The Hall–Kier alpha value is -1.48. The molecule has 0 saturated carbocycles. The number of allylic oxidation sites excluding steroid dienone is 1. The Balaban J connectivity index is 0.000000956. The first-order chi connectivity index (χ1) is 9.52. The summed E-state index contributed by atoms with van der Waals surface area (Å²) in [5, 5.41) is 0.739. The molecule has 0 N–H and O–H groups in total. The lowest BCUT2D eigenvalue weighted by atomic mass is 10.1. The fraction of sp³-hybridized carbons (Fsp3) is 0.438. The van der Waals surface area contributed by atoms with Gasteiger partial charge in [-0.1, -0.05) is 32.0 Å². The van der Waals surface area contributed by atoms with Crippen molar-refractivity contribution in [2.45, 2.75) is 40.5 Å². The number of imidazole rings is 1. The number of rotatable bonds is 4. The molecular formula is C16H23ClN2O. The van der Waals surface area contributed by atoms with Crippen molar-refractivity contribution < 1.29 is 4.74 Å². The van der Waals surface area contributed by atoms with Gasteiger partial charge >= 0.3 is 0 Å². The van der Waals surface area contributed by atoms with Crippen LogP contribution in [0, 0.1) is 6.92 Å². The summed E-state index contributed by atoms with van der Waals surface area (Å²) in [4.78, 5) is 4.58. The molecule has 1 atom stereocenters. The van der Waals surface area contributed by atoms with E-state index in [0.29, 0.717) is 6.61 Å². The Morgan fingerprint density at radius 2 is 2.10 bits per heavy atom. The highest BCUT2D eigenvalue weighted by Gasteiger charge is 2.15. The Bertz CT molecular complexity index is 550. The van der Waals surface area contributed by atoms with Crippen LogP contribution < -0.4 is 0 Å². The van der Waals surface area contributed by atoms with E-state index in [9.17, 15) is 0 Å². The maximum Gasteiger partial charge on any atom is 0.137 e. The number of nitrogens with zero attached hydrogens (tertiary/aromatic N) is 2. The van der Waals surface area contributed by atoms with Crippen molar-refractivity contribution >= 4 is 17.2 Å². The van der Waals surface area contributed by atoms with Crippen LogP contribution in [0.25, 0.3) is 5.65 Å². The second kappa shape index (κ2) is 7.34. The van der Waals surface area contributed by atoms with E-state index in [1.54, 1.807) is 0 Å². The SMILES string of the molecule is C=C(OCC)C(C)c1cn2cc(Cl)c(C)cc2n1.CC. The highest BCUT2D eigenvalue weighted by atomic mass is 35.5. The van der Waals surface area contributed by atoms with Crippen LogP contribution in [0.2, 0.25) is 5.02 Å². The van der Waals surface area contributed by atoms with Crippen LogP contribution in [-0.2, 0) is 4.74 Å². The molecule has 0 aromatic carbocycles. The van der Waals surface area contributed by atoms with Gasteiger partial charge in [0, 0.05) is 12.4 Å². The van der Waals surface area contributed by atoms with Crippen molar-refractivity contribution in [3.63, 3.8) is 0 Å². The summed E-state index contributed by atoms with van der Waals surface area (Å²) in [6, 6.07) is 1.97. The average Bonchev–Trinajstić information content (AvgIpc) is 2.83. The normalized spacial score (nSPS) is 11.7. The van der Waals surface area contributed by atoms with E-state index in [1.807, 2.05) is 57.5 Å². The molecule has 1 unspecified atom stereocenters. The Labute approximate surface area is 126 Å². The first kappa shape index (κ1) is 16.6. The largest absolute Gasteiger partial charge is 0.498 e. The number of pyridine rings is 1. The van der Waals surface area contributed by atoms with Crippen LogP contribution in [0.5, 0.6) is 0 Å². The Morgan fingerprint density at radius 1 is 1.45 bits per heavy atom. The van der Waals surface area contributed by atoms with Gasteiger partial charge in [0.2, 0.25) is 0 Å². The lowest BCUT2D eigenvalue weighted by Gasteiger charge is -2.12. The van der Waals surface area contributed by atoms with E-state index in [2.05, 4.69) is 11.6 Å². The molecule has 2 rings (SSSR count). The van der Waals surface area contributed by atoms with Gasteiger partial charge in [-0.25, -0.2) is 4.98 Å². The first-order valence-corrected chi connectivity index (χ1v) is 7.37. The van der Waals surface area contributed by atoms with Crippen molar-refractivity contribution in [3.8, 4) is 0 Å². The summed E-state index contributed by atoms with van der Waals surface area (Å²) in [6.07, 6.45) is 3.84. The number of hydrogen-bond donors (Lipinski definition) is 0. The summed E-state index contributed by atoms with van der Waals surface area (Å²) in [5.74, 6) is 0.813. The molecule has 110 valence electrons. The zero-order chi connectivity index (χ0) is 15.3. The van der Waals surface area contributed by atoms with Crippen LogP contribution in [-0.4, -0.2) is 16.0 Å². The summed E-state index contributed by atoms with van der Waals surface area (Å²) in [6.45, 7) is 14.5. The lowest BCUT2D eigenvalue weighted by Crippen LogP contribution is -2.01. The molecule has 0 aliphatic carbocycles. The van der Waals surface area contributed by atoms with Crippen LogP contribution in [0.3, 0.4) is 0 Å². The minimum atomic E-state index is 0.0731. The Kier molecular flexibility index (Phi) is 6.08. The molecule has 0 amide bonds. The summed E-state index contributed by atoms with van der Waals surface area (Å²) < 4.78 is 7.36. The van der Waals surface area contributed by atoms with Gasteiger partial charge in [0.25, 0.3) is 0 Å². The smallest absolute Gasteiger partial charge is 0.137 e. The predicted molar refractivity (Wildman–Crippen MR) is 85.5 cm³/mol. The Morgan fingerprint density at radius 3 is 2.70 bits per heavy atom. The average molecular weight is 295 g/mol. The first-order valence-electron chi connectivity index (χ1n) is 6.99. The van der Waals surface area contributed by atoms with Crippen molar-refractivity contribution in [2.75, 3.05) is 6.61 Å². The predicted octanol–water partition coefficient (Wildman–Crippen LogP) is 4.98. The van der Waals surface area contributed by atoms with Gasteiger partial charge in [-0.05, 0) is 32.4 Å². The molecule has 2 heterocycles. The van der Waals surface area contributed by atoms with Crippen molar-refractivity contribution in [1.82, 2.24) is 9.38 Å². The van der Waals surface area contributed by atoms with E-state index >= 15 is 0 Å². The van der Waals surface area contributed by atoms with Gasteiger partial charge in [-0.3, -0.25) is 0 Å². The van der Waals surface area contributed by atoms with Gasteiger partial charge in [-0.15, -0.1) is 0 Å². The monoisotopic (exact) mass is 294 g/mol. The minimum absolute atomic E-state index is 0.0731. The topological polar surface area (TPSA) is 26.5 Å². The number of halogens is 1. The molecule has 0 saturated heterocycles. The molecule has 4 heteroatoms. The number of fused-ring (bicyclic) bond motifs is 1. The zero-order valence-corrected chi connectivity index (χ0v) is 13.7. The maximum absolute atomic E-state index is 6.10. The molecule has 0 spiro atoms. The van der Waals surface area contributed by atoms with Crippen LogP contribution in [0.1, 0.15) is 44.9 Å². The third kappa shape index (κ3) is 3.54. The van der Waals surface area contributed by atoms with Crippen molar-refractivity contribution in [1.29, 1.82) is 0 Å². The fourth-order valence-corrected chi connectivity index (χ4v) is 1.97. The van der Waals surface area contributed by atoms with Crippen LogP contribution in [0.4, 0.5) is 0 Å². The summed E-state index contributed by atoms with van der Waals surface area (Å²) in [7, 11) is 0. The molecule has 0 aliphatic rings. The van der Waals surface area contributed by atoms with Gasteiger partial charge in [-0.2, -0.15) is 0 Å². The van der Waals surface area contributed by atoms with E-state index in [4.69, 9.17) is 16.3 Å². The molecule has 0 bridgehead atoms. The second-order valence-corrected chi connectivity index (χ2v) is 4.76. The lowest BCUT2D eigenvalue weighted by molar-refractivity contribution is 0.212. The van der Waals surface area contributed by atoms with Crippen molar-refractivity contribution in [3.05, 3.63) is 47.1 Å². The van der Waals surface area contributed by atoms with Crippen LogP contribution in [0.15, 0.2) is 30.8 Å². The van der Waals surface area contributed by atoms with E-state index in [0.717, 1.165) is 27.7 Å². The van der Waals surface area contributed by atoms with Crippen molar-refractivity contribution in [2.24, 2.45) is 0 Å². The summed E-state index contributed by atoms with van der Waals surface area (Å²) in [5.41, 5.74) is 2.86. The molecule has 0 fully saturated rings. The molecule has 20 heavy (non-hydrogen) atoms. The third-order valence-electron chi connectivity index (χ3n) is 3.01. The van der Waals surface area contributed by atoms with Crippen LogP contribution >= 0.6 is 11.6 Å². The number of aromatic nitrogens is 2. The standard InChI is InChI=1S/C14H17ClN2O.C2H6/c1-5-18-11(4)10(3)13-8-17-7-12(15)9(2)6-14(17)16-13;1-2/h6-8,10H,4-5H2,1-3H3;1-2H3. The van der Waals surface area contributed by atoms with E-state index < -0.39 is 0 Å². The summed E-state index contributed by atoms with van der Waals surface area (Å²) >= 11 is 6.10.